The average molecular weight is 449 g/mol. The van der Waals surface area contributed by atoms with E-state index < -0.39 is 5.97 Å². The molecule has 1 aromatic carbocycles. The van der Waals surface area contributed by atoms with Crippen molar-refractivity contribution in [3.63, 3.8) is 0 Å². The second kappa shape index (κ2) is 7.43. The fourth-order valence-corrected chi connectivity index (χ4v) is 2.33. The van der Waals surface area contributed by atoms with Crippen molar-refractivity contribution in [3.8, 4) is 17.1 Å². The maximum atomic E-state index is 12.2. The van der Waals surface area contributed by atoms with Crippen LogP contribution in [0.3, 0.4) is 0 Å². The minimum atomic E-state index is -0.421. The number of benzene rings is 1. The van der Waals surface area contributed by atoms with Crippen LogP contribution < -0.4 is 10.1 Å². The highest BCUT2D eigenvalue weighted by atomic mass is 127. The predicted molar refractivity (Wildman–Crippen MR) is 98.2 cm³/mol. The maximum absolute atomic E-state index is 12.2. The van der Waals surface area contributed by atoms with Gasteiger partial charge in [-0.3, -0.25) is 19.9 Å². The molecule has 0 atom stereocenters. The summed E-state index contributed by atoms with van der Waals surface area (Å²) in [4.78, 5) is 27.3. The van der Waals surface area contributed by atoms with E-state index in [9.17, 15) is 9.59 Å². The lowest BCUT2D eigenvalue weighted by atomic mass is 10.2. The largest absolute Gasteiger partial charge is 0.427 e. The van der Waals surface area contributed by atoms with Gasteiger partial charge in [-0.05, 0) is 59.0 Å². The molecule has 0 saturated heterocycles. The fraction of sp³-hybridized carbons (Fsp3) is 0.0588. The van der Waals surface area contributed by atoms with Gasteiger partial charge in [0, 0.05) is 28.3 Å². The van der Waals surface area contributed by atoms with Crippen molar-refractivity contribution in [2.75, 3.05) is 5.32 Å². The van der Waals surface area contributed by atoms with E-state index in [0.29, 0.717) is 22.7 Å². The second-order valence-corrected chi connectivity index (χ2v) is 6.26. The Labute approximate surface area is 156 Å². The monoisotopic (exact) mass is 449 g/mol. The van der Waals surface area contributed by atoms with Crippen LogP contribution in [0.4, 0.5) is 5.88 Å². The third kappa shape index (κ3) is 4.41. The zero-order chi connectivity index (χ0) is 17.8. The number of halogens is 1. The molecular formula is C17H12IN3O4. The molecule has 2 heterocycles. The summed E-state index contributed by atoms with van der Waals surface area (Å²) in [7, 11) is 0. The summed E-state index contributed by atoms with van der Waals surface area (Å²) in [5.74, 6) is -0.205. The van der Waals surface area contributed by atoms with Crippen molar-refractivity contribution < 1.29 is 18.8 Å². The van der Waals surface area contributed by atoms with E-state index in [-0.39, 0.29) is 11.8 Å². The number of ether oxygens (including phenoxy) is 1. The molecule has 2 aromatic heterocycles. The molecule has 0 bridgehead atoms. The molecule has 0 fully saturated rings. The first-order chi connectivity index (χ1) is 12.0. The van der Waals surface area contributed by atoms with Gasteiger partial charge in [0.05, 0.1) is 5.69 Å². The van der Waals surface area contributed by atoms with Gasteiger partial charge in [-0.15, -0.1) is 0 Å². The Morgan fingerprint density at radius 1 is 1.12 bits per heavy atom. The van der Waals surface area contributed by atoms with Crippen LogP contribution in [0.2, 0.25) is 0 Å². The van der Waals surface area contributed by atoms with E-state index in [2.05, 4.69) is 38.0 Å². The van der Waals surface area contributed by atoms with Crippen molar-refractivity contribution in [1.29, 1.82) is 0 Å². The number of rotatable bonds is 4. The topological polar surface area (TPSA) is 94.3 Å². The Morgan fingerprint density at radius 3 is 2.52 bits per heavy atom. The number of carbonyl (C=O) groups is 2. The Balaban J connectivity index is 1.69. The zero-order valence-corrected chi connectivity index (χ0v) is 15.2. The lowest BCUT2D eigenvalue weighted by Crippen LogP contribution is -2.11. The molecule has 0 unspecified atom stereocenters. The summed E-state index contributed by atoms with van der Waals surface area (Å²) >= 11 is 2.16. The molecule has 25 heavy (non-hydrogen) atoms. The number of nitrogens with zero attached hydrogens (tertiary/aromatic N) is 2. The highest BCUT2D eigenvalue weighted by molar-refractivity contribution is 14.1. The third-order valence-electron chi connectivity index (χ3n) is 3.11. The number of hydrogen-bond donors (Lipinski definition) is 1. The van der Waals surface area contributed by atoms with Crippen molar-refractivity contribution in [2.24, 2.45) is 0 Å². The van der Waals surface area contributed by atoms with Crippen LogP contribution in [0.15, 0.2) is 53.2 Å². The number of amides is 1. The van der Waals surface area contributed by atoms with E-state index in [1.54, 1.807) is 24.4 Å². The third-order valence-corrected chi connectivity index (χ3v) is 3.75. The molecule has 0 aliphatic heterocycles. The number of hydrogen-bond acceptors (Lipinski definition) is 6. The van der Waals surface area contributed by atoms with E-state index in [4.69, 9.17) is 9.26 Å². The number of carbonyl (C=O) groups excluding carboxylic acids is 2. The molecule has 7 nitrogen and oxygen atoms in total. The molecule has 3 rings (SSSR count). The van der Waals surface area contributed by atoms with Crippen LogP contribution in [-0.2, 0) is 4.79 Å². The Bertz CT molecular complexity index is 904. The molecule has 0 aliphatic carbocycles. The Kier molecular flexibility index (Phi) is 5.08. The zero-order valence-electron chi connectivity index (χ0n) is 13.0. The molecule has 1 amide bonds. The highest BCUT2D eigenvalue weighted by Gasteiger charge is 2.12. The first kappa shape index (κ1) is 17.1. The molecule has 3 aromatic rings. The first-order valence-electron chi connectivity index (χ1n) is 7.20. The van der Waals surface area contributed by atoms with E-state index >= 15 is 0 Å². The van der Waals surface area contributed by atoms with Crippen molar-refractivity contribution in [2.45, 2.75) is 6.92 Å². The number of nitrogens with one attached hydrogen (secondary N) is 1. The van der Waals surface area contributed by atoms with Crippen LogP contribution in [0.5, 0.6) is 5.75 Å². The van der Waals surface area contributed by atoms with Gasteiger partial charge in [0.15, 0.2) is 0 Å². The molecule has 8 heteroatoms. The minimum Gasteiger partial charge on any atom is -0.427 e. The van der Waals surface area contributed by atoms with Crippen LogP contribution in [0, 0.1) is 3.57 Å². The Hall–Kier alpha value is -2.75. The van der Waals surface area contributed by atoms with Gasteiger partial charge in [-0.1, -0.05) is 5.16 Å². The summed E-state index contributed by atoms with van der Waals surface area (Å²) in [6.45, 7) is 1.31. The van der Waals surface area contributed by atoms with E-state index in [1.807, 2.05) is 12.1 Å². The van der Waals surface area contributed by atoms with Crippen LogP contribution in [0.1, 0.15) is 17.3 Å². The maximum Gasteiger partial charge on any atom is 0.308 e. The van der Waals surface area contributed by atoms with Gasteiger partial charge in [0.25, 0.3) is 5.91 Å². The lowest BCUT2D eigenvalue weighted by Gasteiger charge is -2.03. The van der Waals surface area contributed by atoms with E-state index in [0.717, 1.165) is 3.57 Å². The summed E-state index contributed by atoms with van der Waals surface area (Å²) in [6.07, 6.45) is 1.72. The van der Waals surface area contributed by atoms with Crippen molar-refractivity contribution in [1.82, 2.24) is 10.1 Å². The second-order valence-electron chi connectivity index (χ2n) is 5.01. The summed E-state index contributed by atoms with van der Waals surface area (Å²) in [6, 6.07) is 11.5. The molecule has 126 valence electrons. The van der Waals surface area contributed by atoms with Gasteiger partial charge >= 0.3 is 5.97 Å². The van der Waals surface area contributed by atoms with Gasteiger partial charge < -0.3 is 9.26 Å². The number of esters is 1. The molecular weight excluding hydrogens is 437 g/mol. The molecule has 1 N–H and O–H groups in total. The molecule has 0 aliphatic rings. The Morgan fingerprint density at radius 2 is 1.88 bits per heavy atom. The summed E-state index contributed by atoms with van der Waals surface area (Å²) in [5.41, 5.74) is 1.56. The van der Waals surface area contributed by atoms with Crippen LogP contribution in [0.25, 0.3) is 11.4 Å². The van der Waals surface area contributed by atoms with Gasteiger partial charge in [0.2, 0.25) is 5.88 Å². The summed E-state index contributed by atoms with van der Waals surface area (Å²) < 4.78 is 11.1. The van der Waals surface area contributed by atoms with Crippen LogP contribution >= 0.6 is 22.6 Å². The van der Waals surface area contributed by atoms with E-state index in [1.165, 1.54) is 19.1 Å². The molecule has 0 radical (unpaired) electrons. The highest BCUT2D eigenvalue weighted by Crippen LogP contribution is 2.21. The smallest absolute Gasteiger partial charge is 0.308 e. The molecule has 0 spiro atoms. The number of anilines is 1. The van der Waals surface area contributed by atoms with Gasteiger partial charge in [-0.25, -0.2) is 0 Å². The first-order valence-corrected chi connectivity index (χ1v) is 8.27. The number of aromatic nitrogens is 2. The summed E-state index contributed by atoms with van der Waals surface area (Å²) in [5, 5.41) is 6.51. The van der Waals surface area contributed by atoms with Gasteiger partial charge in [-0.2, -0.15) is 0 Å². The van der Waals surface area contributed by atoms with Gasteiger partial charge in [0.1, 0.15) is 11.4 Å². The quantitative estimate of drug-likeness (QED) is 0.372. The molecule has 0 saturated carbocycles. The van der Waals surface area contributed by atoms with Crippen LogP contribution in [-0.4, -0.2) is 22.0 Å². The van der Waals surface area contributed by atoms with Crippen molar-refractivity contribution in [3.05, 3.63) is 57.8 Å². The lowest BCUT2D eigenvalue weighted by molar-refractivity contribution is -0.131. The fourth-order valence-electron chi connectivity index (χ4n) is 2.01. The number of pyridine rings is 1. The SMILES string of the molecule is CC(=O)Oc1ccc(C(=O)Nc2cc(-c3ccc(I)cn3)no2)cc1. The van der Waals surface area contributed by atoms with Crippen molar-refractivity contribution >= 4 is 40.4 Å². The normalized spacial score (nSPS) is 10.3. The predicted octanol–water partition coefficient (Wildman–Crippen LogP) is 3.52. The standard InChI is InChI=1S/C17H12IN3O4/c1-10(22)24-13-5-2-11(3-6-13)17(23)20-16-8-15(21-25-16)14-7-4-12(18)9-19-14/h2-9H,1H3,(H,20,23). The minimum absolute atomic E-state index is 0.212. The average Bonchev–Trinajstić information content (AvgIpc) is 3.04.